The van der Waals surface area contributed by atoms with Gasteiger partial charge in [0.2, 0.25) is 0 Å². The van der Waals surface area contributed by atoms with E-state index in [0.717, 1.165) is 0 Å². The summed E-state index contributed by atoms with van der Waals surface area (Å²) >= 11 is 0. The van der Waals surface area contributed by atoms with Gasteiger partial charge < -0.3 is 29.6 Å². The Hall–Kier alpha value is -2.53. The van der Waals surface area contributed by atoms with Gasteiger partial charge in [-0.25, -0.2) is 19.6 Å². The summed E-state index contributed by atoms with van der Waals surface area (Å²) in [7, 11) is -3.88. The maximum atomic E-state index is 13.6. The van der Waals surface area contributed by atoms with Crippen LogP contribution in [0, 0.1) is 5.92 Å². The summed E-state index contributed by atoms with van der Waals surface area (Å²) in [6.45, 7) is 6.94. The summed E-state index contributed by atoms with van der Waals surface area (Å²) in [4.78, 5) is 8.07. The zero-order chi connectivity index (χ0) is 25.4. The lowest BCUT2D eigenvalue weighted by Crippen LogP contribution is -2.43. The van der Waals surface area contributed by atoms with Crippen molar-refractivity contribution in [2.45, 2.75) is 57.6 Å². The summed E-state index contributed by atoms with van der Waals surface area (Å²) in [5.41, 5.74) is 5.13. The zero-order valence-corrected chi connectivity index (χ0v) is 20.9. The van der Waals surface area contributed by atoms with Crippen LogP contribution in [0.15, 0.2) is 47.3 Å². The molecule has 2 aromatic heterocycles. The number of furan rings is 1. The molecule has 0 bridgehead atoms. The largest absolute Gasteiger partial charge is 0.459 e. The van der Waals surface area contributed by atoms with Gasteiger partial charge in [0.1, 0.15) is 41.5 Å². The van der Waals surface area contributed by atoms with E-state index in [0.29, 0.717) is 16.8 Å². The van der Waals surface area contributed by atoms with Crippen molar-refractivity contribution in [1.82, 2.24) is 15.1 Å². The number of benzene rings is 1. The van der Waals surface area contributed by atoms with Crippen molar-refractivity contribution in [3.8, 4) is 5.75 Å². The summed E-state index contributed by atoms with van der Waals surface area (Å²) < 4.78 is 36.6. The number of nitrogens with one attached hydrogen (secondary N) is 1. The Morgan fingerprint density at radius 2 is 1.97 bits per heavy atom. The number of hydrogen-bond donors (Lipinski definition) is 4. The van der Waals surface area contributed by atoms with Crippen LogP contribution in [0.3, 0.4) is 0 Å². The van der Waals surface area contributed by atoms with Gasteiger partial charge in [0, 0.05) is 11.6 Å². The number of fused-ring (bicyclic) bond motifs is 1. The third-order valence-corrected chi connectivity index (χ3v) is 7.89. The number of ether oxygens (including phenoxy) is 1. The molecular formula is C23H31N4O7P. The lowest BCUT2D eigenvalue weighted by atomic mass is 9.89. The summed E-state index contributed by atoms with van der Waals surface area (Å²) in [6.07, 6.45) is -0.776. The van der Waals surface area contributed by atoms with Crippen LogP contribution in [0.4, 0.5) is 5.82 Å². The Kier molecular flexibility index (Phi) is 7.19. The first-order valence-electron chi connectivity index (χ1n) is 11.3. The molecule has 35 heavy (non-hydrogen) atoms. The van der Waals surface area contributed by atoms with E-state index in [1.54, 1.807) is 24.3 Å². The highest BCUT2D eigenvalue weighted by atomic mass is 31.2. The van der Waals surface area contributed by atoms with Crippen molar-refractivity contribution in [1.29, 1.82) is 0 Å². The van der Waals surface area contributed by atoms with Crippen LogP contribution in [0.2, 0.25) is 0 Å². The fraction of sp³-hybridized carbons (Fsp3) is 0.478. The van der Waals surface area contributed by atoms with E-state index >= 15 is 0 Å². The van der Waals surface area contributed by atoms with Gasteiger partial charge >= 0.3 is 7.75 Å². The number of hydrogen-bond acceptors (Lipinski definition) is 10. The van der Waals surface area contributed by atoms with Crippen LogP contribution in [0.1, 0.15) is 39.4 Å². The fourth-order valence-corrected chi connectivity index (χ4v) is 5.51. The summed E-state index contributed by atoms with van der Waals surface area (Å²) in [5, 5.41) is 24.9. The standard InChI is InChI=1S/C23H31N4O7P/c1-13(2)14(3)27-35(30,34-15-8-6-5-7-9-15)32-11-17-20(28)23(4,29)21(33-17)16-10-31-19-18(16)25-12-26-22(19)24/h5-10,12-14,17,20-21,28-29H,11H2,1-4H3,(H,27,30)(H2,24,25,26)/t14?,17-,20-,21+,23-,35?/m1/s1. The highest BCUT2D eigenvalue weighted by Gasteiger charge is 2.54. The molecule has 3 aromatic rings. The third-order valence-electron chi connectivity index (χ3n) is 6.22. The van der Waals surface area contributed by atoms with E-state index < -0.39 is 31.7 Å². The van der Waals surface area contributed by atoms with Gasteiger partial charge in [-0.2, -0.15) is 0 Å². The first-order valence-corrected chi connectivity index (χ1v) is 12.9. The van der Waals surface area contributed by atoms with E-state index in [4.69, 9.17) is 23.9 Å². The number of aliphatic hydroxyl groups is 2. The fourth-order valence-electron chi connectivity index (χ4n) is 3.79. The second-order valence-corrected chi connectivity index (χ2v) is 10.9. The van der Waals surface area contributed by atoms with E-state index in [-0.39, 0.29) is 30.0 Å². The first kappa shape index (κ1) is 25.6. The minimum absolute atomic E-state index is 0.142. The Balaban J connectivity index is 1.55. The van der Waals surface area contributed by atoms with Gasteiger partial charge in [-0.05, 0) is 31.9 Å². The topological polar surface area (TPSA) is 162 Å². The Morgan fingerprint density at radius 1 is 1.26 bits per heavy atom. The molecule has 12 heteroatoms. The van der Waals surface area contributed by atoms with Crippen LogP contribution in [0.25, 0.3) is 11.1 Å². The minimum Gasteiger partial charge on any atom is -0.458 e. The van der Waals surface area contributed by atoms with E-state index in [2.05, 4.69) is 15.1 Å². The van der Waals surface area contributed by atoms with E-state index in [1.165, 1.54) is 19.5 Å². The SMILES string of the molecule is CC(C)C(C)NP(=O)(OC[C@H]1O[C@@H](c2coc3c(N)ncnc23)[C@](C)(O)[C@@H]1O)Oc1ccccc1. The maximum absolute atomic E-state index is 13.6. The third kappa shape index (κ3) is 5.20. The van der Waals surface area contributed by atoms with E-state index in [1.807, 2.05) is 26.8 Å². The number of nitrogen functional groups attached to an aromatic ring is 1. The molecule has 1 aliphatic rings. The molecule has 0 saturated carbocycles. The molecule has 1 fully saturated rings. The van der Waals surface area contributed by atoms with Crippen molar-refractivity contribution in [3.05, 3.63) is 48.5 Å². The average Bonchev–Trinajstić information content (AvgIpc) is 3.32. The number of rotatable bonds is 9. The van der Waals surface area contributed by atoms with Gasteiger partial charge in [-0.3, -0.25) is 4.52 Å². The summed E-state index contributed by atoms with van der Waals surface area (Å²) in [5.74, 6) is 0.649. The molecule has 1 aliphatic heterocycles. The van der Waals surface area contributed by atoms with Gasteiger partial charge in [0.15, 0.2) is 11.4 Å². The van der Waals surface area contributed by atoms with Gasteiger partial charge in [0.05, 0.1) is 12.9 Å². The van der Waals surface area contributed by atoms with Crippen molar-refractivity contribution in [2.75, 3.05) is 12.3 Å². The molecule has 1 aromatic carbocycles. The smallest absolute Gasteiger partial charge is 0.458 e. The molecular weight excluding hydrogens is 475 g/mol. The van der Waals surface area contributed by atoms with Crippen molar-refractivity contribution < 1.29 is 33.0 Å². The molecule has 0 aliphatic carbocycles. The van der Waals surface area contributed by atoms with Crippen LogP contribution in [0.5, 0.6) is 5.75 Å². The minimum atomic E-state index is -3.88. The highest BCUT2D eigenvalue weighted by molar-refractivity contribution is 7.52. The van der Waals surface area contributed by atoms with Gasteiger partial charge in [-0.15, -0.1) is 0 Å². The lowest BCUT2D eigenvalue weighted by Gasteiger charge is -2.27. The molecule has 190 valence electrons. The molecule has 1 saturated heterocycles. The van der Waals surface area contributed by atoms with Crippen LogP contribution >= 0.6 is 7.75 Å². The summed E-state index contributed by atoms with van der Waals surface area (Å²) in [6, 6.07) is 8.45. The Morgan fingerprint density at radius 3 is 2.66 bits per heavy atom. The molecule has 5 N–H and O–H groups in total. The maximum Gasteiger partial charge on any atom is 0.459 e. The predicted molar refractivity (Wildman–Crippen MR) is 129 cm³/mol. The molecule has 11 nitrogen and oxygen atoms in total. The molecule has 6 atom stereocenters. The first-order chi connectivity index (χ1) is 16.5. The van der Waals surface area contributed by atoms with Crippen molar-refractivity contribution >= 4 is 24.7 Å². The number of anilines is 1. The van der Waals surface area contributed by atoms with Crippen LogP contribution in [-0.4, -0.2) is 50.6 Å². The van der Waals surface area contributed by atoms with Crippen molar-refractivity contribution in [2.24, 2.45) is 5.92 Å². The second-order valence-electron chi connectivity index (χ2n) is 9.21. The monoisotopic (exact) mass is 506 g/mol. The predicted octanol–water partition coefficient (Wildman–Crippen LogP) is 3.19. The lowest BCUT2D eigenvalue weighted by molar-refractivity contribution is -0.0643. The zero-order valence-electron chi connectivity index (χ0n) is 20.0. The normalized spacial score (nSPS) is 27.2. The number of aliphatic hydroxyl groups excluding tert-OH is 1. The quantitative estimate of drug-likeness (QED) is 0.315. The van der Waals surface area contributed by atoms with Crippen molar-refractivity contribution in [3.63, 3.8) is 0 Å². The second kappa shape index (κ2) is 9.85. The molecule has 4 rings (SSSR count). The number of para-hydroxylation sites is 1. The molecule has 0 radical (unpaired) electrons. The highest BCUT2D eigenvalue weighted by Crippen LogP contribution is 2.48. The van der Waals surface area contributed by atoms with Gasteiger partial charge in [0.25, 0.3) is 0 Å². The number of aromatic nitrogens is 2. The van der Waals surface area contributed by atoms with Crippen LogP contribution < -0.4 is 15.3 Å². The van der Waals surface area contributed by atoms with Crippen LogP contribution in [-0.2, 0) is 13.8 Å². The number of nitrogens with zero attached hydrogens (tertiary/aromatic N) is 2. The Bertz CT molecular complexity index is 1200. The number of nitrogens with two attached hydrogens (primary N) is 1. The Labute approximate surface area is 203 Å². The molecule has 0 amide bonds. The average molecular weight is 506 g/mol. The van der Waals surface area contributed by atoms with E-state index in [9.17, 15) is 14.8 Å². The molecule has 2 unspecified atom stereocenters. The van der Waals surface area contributed by atoms with Gasteiger partial charge in [-0.1, -0.05) is 32.0 Å². The molecule has 3 heterocycles. The molecule has 0 spiro atoms.